The van der Waals surface area contributed by atoms with Gasteiger partial charge in [0, 0.05) is 17.5 Å². The predicted octanol–water partition coefficient (Wildman–Crippen LogP) is 4.51. The molecule has 0 radical (unpaired) electrons. The van der Waals surface area contributed by atoms with Gasteiger partial charge in [0.05, 0.1) is 4.90 Å². The summed E-state index contributed by atoms with van der Waals surface area (Å²) in [6.45, 7) is 1.69. The molecule has 0 saturated carbocycles. The van der Waals surface area contributed by atoms with Crippen LogP contribution in [0, 0.1) is 12.7 Å². The smallest absolute Gasteiger partial charge is 0.297 e. The van der Waals surface area contributed by atoms with Crippen molar-refractivity contribution in [1.82, 2.24) is 0 Å². The zero-order chi connectivity index (χ0) is 19.7. The van der Waals surface area contributed by atoms with Crippen LogP contribution in [0.25, 0.3) is 11.1 Å². The Kier molecular flexibility index (Phi) is 4.91. The third-order valence-corrected chi connectivity index (χ3v) is 6.02. The van der Waals surface area contributed by atoms with Gasteiger partial charge in [-0.25, -0.2) is 4.39 Å². The van der Waals surface area contributed by atoms with E-state index in [2.05, 4.69) is 0 Å². The summed E-state index contributed by atoms with van der Waals surface area (Å²) < 4.78 is 50.1. The van der Waals surface area contributed by atoms with Crippen molar-refractivity contribution in [2.45, 2.75) is 24.3 Å². The molecule has 144 valence electrons. The largest absolute Gasteiger partial charge is 0.487 e. The molecule has 1 unspecified atom stereocenters. The van der Waals surface area contributed by atoms with Crippen LogP contribution >= 0.6 is 0 Å². The first kappa shape index (κ1) is 18.7. The van der Waals surface area contributed by atoms with Crippen molar-refractivity contribution >= 4 is 10.1 Å². The van der Waals surface area contributed by atoms with Gasteiger partial charge in [0.15, 0.2) is 0 Å². The van der Waals surface area contributed by atoms with E-state index in [1.165, 1.54) is 18.2 Å². The van der Waals surface area contributed by atoms with Gasteiger partial charge in [-0.15, -0.1) is 0 Å². The van der Waals surface area contributed by atoms with Crippen LogP contribution < -0.4 is 4.74 Å². The summed E-state index contributed by atoms with van der Waals surface area (Å²) in [5.41, 5.74) is 3.09. The molecule has 4 nitrogen and oxygen atoms in total. The van der Waals surface area contributed by atoms with Crippen LogP contribution in [-0.4, -0.2) is 21.1 Å². The van der Waals surface area contributed by atoms with E-state index < -0.39 is 16.2 Å². The van der Waals surface area contributed by atoms with Gasteiger partial charge < -0.3 is 4.74 Å². The Hall–Kier alpha value is -2.70. The second-order valence-electron chi connectivity index (χ2n) is 6.76. The lowest BCUT2D eigenvalue weighted by Crippen LogP contribution is -2.23. The van der Waals surface area contributed by atoms with E-state index in [0.29, 0.717) is 11.3 Å². The minimum absolute atomic E-state index is 0.0877. The van der Waals surface area contributed by atoms with Gasteiger partial charge >= 0.3 is 0 Å². The van der Waals surface area contributed by atoms with E-state index in [0.717, 1.165) is 16.7 Å². The zero-order valence-corrected chi connectivity index (χ0v) is 16.1. The molecular weight excluding hydrogens is 379 g/mol. The first-order chi connectivity index (χ1) is 13.4. The van der Waals surface area contributed by atoms with E-state index in [9.17, 15) is 12.8 Å². The molecule has 3 aromatic carbocycles. The van der Waals surface area contributed by atoms with Crippen molar-refractivity contribution in [2.75, 3.05) is 6.61 Å². The van der Waals surface area contributed by atoms with Crippen molar-refractivity contribution in [3.8, 4) is 16.9 Å². The first-order valence-electron chi connectivity index (χ1n) is 8.93. The molecule has 0 fully saturated rings. The highest BCUT2D eigenvalue weighted by molar-refractivity contribution is 7.86. The molecule has 0 bridgehead atoms. The summed E-state index contributed by atoms with van der Waals surface area (Å²) in [5.74, 6) is 0.0890. The Bertz CT molecular complexity index is 1090. The summed E-state index contributed by atoms with van der Waals surface area (Å²) in [7, 11) is -3.90. The monoisotopic (exact) mass is 398 g/mol. The molecule has 0 aromatic heterocycles. The van der Waals surface area contributed by atoms with Crippen LogP contribution in [0.15, 0.2) is 71.6 Å². The van der Waals surface area contributed by atoms with Crippen LogP contribution in [0.2, 0.25) is 0 Å². The van der Waals surface area contributed by atoms with E-state index in [1.54, 1.807) is 18.2 Å². The topological polar surface area (TPSA) is 52.6 Å². The van der Waals surface area contributed by atoms with Crippen LogP contribution in [0.1, 0.15) is 11.1 Å². The molecule has 0 aliphatic carbocycles. The number of ether oxygens (including phenoxy) is 1. The van der Waals surface area contributed by atoms with E-state index in [1.807, 2.05) is 37.3 Å². The summed E-state index contributed by atoms with van der Waals surface area (Å²) in [6.07, 6.45) is -0.319. The molecule has 4 rings (SSSR count). The summed E-state index contributed by atoms with van der Waals surface area (Å²) >= 11 is 0. The lowest BCUT2D eigenvalue weighted by atomic mass is 10.0. The first-order valence-corrected chi connectivity index (χ1v) is 10.3. The number of halogens is 1. The second-order valence-corrected chi connectivity index (χ2v) is 8.38. The molecule has 1 atom stereocenters. The van der Waals surface area contributed by atoms with E-state index >= 15 is 0 Å². The third kappa shape index (κ3) is 3.66. The SMILES string of the molecule is Cc1ccc(S(=O)(=O)OCC2Cc3c(F)ccc(-c4ccccc4)c3O2)cc1. The van der Waals surface area contributed by atoms with Crippen LogP contribution in [0.3, 0.4) is 0 Å². The van der Waals surface area contributed by atoms with Gasteiger partial charge in [-0.1, -0.05) is 48.0 Å². The van der Waals surface area contributed by atoms with Crippen molar-refractivity contribution in [2.24, 2.45) is 0 Å². The van der Waals surface area contributed by atoms with Gasteiger partial charge in [0.25, 0.3) is 10.1 Å². The van der Waals surface area contributed by atoms with Gasteiger partial charge in [0.2, 0.25) is 0 Å². The molecule has 3 aromatic rings. The zero-order valence-electron chi connectivity index (χ0n) is 15.3. The third-order valence-electron chi connectivity index (χ3n) is 4.72. The lowest BCUT2D eigenvalue weighted by Gasteiger charge is -2.13. The number of hydrogen-bond donors (Lipinski definition) is 0. The molecule has 0 amide bonds. The maximum absolute atomic E-state index is 14.3. The summed E-state index contributed by atoms with van der Waals surface area (Å²) in [4.78, 5) is 0.0877. The Balaban J connectivity index is 1.52. The van der Waals surface area contributed by atoms with Crippen LogP contribution in [0.5, 0.6) is 5.75 Å². The standard InChI is InChI=1S/C22H19FO4S/c1-15-7-9-18(10-8-15)28(24,25)26-14-17-13-20-21(23)12-11-19(22(20)27-17)16-5-3-2-4-6-16/h2-12,17H,13-14H2,1H3. The molecule has 0 saturated heterocycles. The van der Waals surface area contributed by atoms with E-state index in [4.69, 9.17) is 8.92 Å². The minimum atomic E-state index is -3.90. The number of hydrogen-bond acceptors (Lipinski definition) is 4. The molecule has 1 heterocycles. The number of benzene rings is 3. The number of rotatable bonds is 5. The minimum Gasteiger partial charge on any atom is -0.487 e. The van der Waals surface area contributed by atoms with Crippen LogP contribution in [0.4, 0.5) is 4.39 Å². The second kappa shape index (κ2) is 7.37. The van der Waals surface area contributed by atoms with Gasteiger partial charge in [-0.05, 0) is 36.8 Å². The normalized spacial score (nSPS) is 15.9. The van der Waals surface area contributed by atoms with E-state index in [-0.39, 0.29) is 23.7 Å². The highest BCUT2D eigenvalue weighted by atomic mass is 32.2. The lowest BCUT2D eigenvalue weighted by molar-refractivity contribution is 0.152. The maximum Gasteiger partial charge on any atom is 0.297 e. The number of aryl methyl sites for hydroxylation is 1. The van der Waals surface area contributed by atoms with Gasteiger partial charge in [-0.2, -0.15) is 8.42 Å². The fraction of sp³-hybridized carbons (Fsp3) is 0.182. The number of fused-ring (bicyclic) bond motifs is 1. The van der Waals surface area contributed by atoms with Gasteiger partial charge in [-0.3, -0.25) is 4.18 Å². The summed E-state index contributed by atoms with van der Waals surface area (Å²) in [6, 6.07) is 19.0. The molecule has 1 aliphatic heterocycles. The quantitative estimate of drug-likeness (QED) is 0.594. The molecule has 6 heteroatoms. The Morgan fingerprint density at radius 1 is 1.04 bits per heavy atom. The molecular formula is C22H19FO4S. The molecule has 28 heavy (non-hydrogen) atoms. The highest BCUT2D eigenvalue weighted by Crippen LogP contribution is 2.40. The fourth-order valence-electron chi connectivity index (χ4n) is 3.24. The van der Waals surface area contributed by atoms with Crippen molar-refractivity contribution in [1.29, 1.82) is 0 Å². The van der Waals surface area contributed by atoms with Crippen molar-refractivity contribution in [3.05, 3.63) is 83.7 Å². The Labute approximate surface area is 163 Å². The highest BCUT2D eigenvalue weighted by Gasteiger charge is 2.30. The van der Waals surface area contributed by atoms with Gasteiger partial charge in [0.1, 0.15) is 24.3 Å². The average Bonchev–Trinajstić information content (AvgIpc) is 3.13. The molecule has 0 N–H and O–H groups in total. The fourth-order valence-corrected chi connectivity index (χ4v) is 4.18. The summed E-state index contributed by atoms with van der Waals surface area (Å²) in [5, 5.41) is 0. The average molecular weight is 398 g/mol. The van der Waals surface area contributed by atoms with Crippen molar-refractivity contribution in [3.63, 3.8) is 0 Å². The molecule has 1 aliphatic rings. The van der Waals surface area contributed by atoms with Crippen LogP contribution in [-0.2, 0) is 20.7 Å². The molecule has 0 spiro atoms. The van der Waals surface area contributed by atoms with Crippen molar-refractivity contribution < 1.29 is 21.7 Å². The predicted molar refractivity (Wildman–Crippen MR) is 104 cm³/mol. The maximum atomic E-state index is 14.3. The Morgan fingerprint density at radius 2 is 1.75 bits per heavy atom. The Morgan fingerprint density at radius 3 is 2.46 bits per heavy atom.